The predicted octanol–water partition coefficient (Wildman–Crippen LogP) is 2.05. The van der Waals surface area contributed by atoms with Crippen molar-refractivity contribution >= 4 is 16.1 Å². The third kappa shape index (κ3) is 2.47. The van der Waals surface area contributed by atoms with Crippen LogP contribution >= 0.6 is 0 Å². The summed E-state index contributed by atoms with van der Waals surface area (Å²) in [5, 5.41) is 0. The van der Waals surface area contributed by atoms with E-state index in [2.05, 4.69) is 66.1 Å². The molecule has 0 aromatic rings. The van der Waals surface area contributed by atoms with Crippen LogP contribution < -0.4 is 18.9 Å². The largest absolute Gasteiger partial charge is 1.00 e. The van der Waals surface area contributed by atoms with E-state index in [4.69, 9.17) is 0 Å². The van der Waals surface area contributed by atoms with Crippen molar-refractivity contribution in [1.29, 1.82) is 0 Å². The van der Waals surface area contributed by atoms with Crippen LogP contribution in [-0.2, 0) is 0 Å². The Bertz CT molecular complexity index is 351. The zero-order valence-electron chi connectivity index (χ0n) is 13.5. The second-order valence-electron chi connectivity index (χ2n) is 7.25. The Morgan fingerprint density at radius 3 is 1.29 bits per heavy atom. The van der Waals surface area contributed by atoms with Crippen molar-refractivity contribution in [1.82, 2.24) is 0 Å². The number of hydrogen-bond donors (Lipinski definition) is 0. The SMILES string of the molecule is CC1=[C-]C([Si](C)(C)C)([Si](C)(C)C)C(C)=C1C.[Li+]. The fraction of sp³-hybridized carbons (Fsp3) is 0.714. The van der Waals surface area contributed by atoms with Crippen LogP contribution in [0.25, 0.3) is 0 Å². The predicted molar refractivity (Wildman–Crippen MR) is 80.2 cm³/mol. The number of hydrogen-bond acceptors (Lipinski definition) is 0. The standard InChI is InChI=1S/C14H27Si2.Li/c1-11-10-14(15(4,5)6,16(7,8)9)13(3)12(11)2;/h1-9H3;/q-1;+1. The Balaban J connectivity index is 0.00000256. The summed E-state index contributed by atoms with van der Waals surface area (Å²) in [6, 6.07) is 0. The summed E-state index contributed by atoms with van der Waals surface area (Å²) in [7, 11) is -2.57. The normalized spacial score (nSPS) is 20.2. The smallest absolute Gasteiger partial charge is 0.268 e. The molecule has 3 heteroatoms. The summed E-state index contributed by atoms with van der Waals surface area (Å²) < 4.78 is 0.341. The molecule has 0 bridgehead atoms. The quantitative estimate of drug-likeness (QED) is 0.525. The summed E-state index contributed by atoms with van der Waals surface area (Å²) in [6.45, 7) is 21.9. The van der Waals surface area contributed by atoms with Crippen LogP contribution in [0.15, 0.2) is 16.7 Å². The average molecular weight is 258 g/mol. The van der Waals surface area contributed by atoms with Crippen molar-refractivity contribution in [3.63, 3.8) is 0 Å². The van der Waals surface area contributed by atoms with E-state index < -0.39 is 16.1 Å². The summed E-state index contributed by atoms with van der Waals surface area (Å²) in [5.74, 6) is 0. The van der Waals surface area contributed by atoms with Gasteiger partial charge < -0.3 is 0 Å². The van der Waals surface area contributed by atoms with E-state index >= 15 is 0 Å². The van der Waals surface area contributed by atoms with Gasteiger partial charge in [0.25, 0.3) is 0 Å². The first-order valence-corrected chi connectivity index (χ1v) is 13.2. The molecular formula is C14H27LiSi2. The van der Waals surface area contributed by atoms with Gasteiger partial charge in [0.05, 0.1) is 0 Å². The molecule has 92 valence electrons. The minimum absolute atomic E-state index is 0. The molecule has 1 aliphatic carbocycles. The first-order valence-electron chi connectivity index (χ1n) is 6.25. The second-order valence-corrected chi connectivity index (χ2v) is 18.2. The molecule has 0 saturated heterocycles. The molecule has 17 heavy (non-hydrogen) atoms. The second kappa shape index (κ2) is 4.89. The van der Waals surface area contributed by atoms with Gasteiger partial charge in [-0.15, -0.1) is 6.92 Å². The van der Waals surface area contributed by atoms with Crippen LogP contribution in [0.5, 0.6) is 0 Å². The van der Waals surface area contributed by atoms with Crippen molar-refractivity contribution in [2.75, 3.05) is 0 Å². The van der Waals surface area contributed by atoms with E-state index in [0.717, 1.165) is 0 Å². The van der Waals surface area contributed by atoms with Crippen LogP contribution in [0.3, 0.4) is 0 Å². The molecule has 0 aliphatic heterocycles. The van der Waals surface area contributed by atoms with Crippen molar-refractivity contribution < 1.29 is 18.9 Å². The molecule has 0 amide bonds. The first-order chi connectivity index (χ1) is 6.95. The number of allylic oxidation sites excluding steroid dienone is 4. The maximum absolute atomic E-state index is 3.91. The minimum Gasteiger partial charge on any atom is -0.268 e. The van der Waals surface area contributed by atoms with Gasteiger partial charge in [-0.2, -0.15) is 11.1 Å². The van der Waals surface area contributed by atoms with E-state index in [0.29, 0.717) is 4.66 Å². The molecule has 0 fully saturated rings. The molecule has 0 N–H and O–H groups in total. The average Bonchev–Trinajstić information content (AvgIpc) is 2.27. The Kier molecular flexibility index (Phi) is 5.03. The van der Waals surface area contributed by atoms with Crippen LogP contribution in [0.1, 0.15) is 20.8 Å². The van der Waals surface area contributed by atoms with E-state index in [1.54, 1.807) is 5.57 Å². The van der Waals surface area contributed by atoms with E-state index in [1.165, 1.54) is 11.1 Å². The first kappa shape index (κ1) is 17.5. The Labute approximate surface area is 122 Å². The van der Waals surface area contributed by atoms with Crippen LogP contribution in [0, 0.1) is 6.08 Å². The number of rotatable bonds is 2. The van der Waals surface area contributed by atoms with Gasteiger partial charge in [-0.05, 0) is 0 Å². The zero-order chi connectivity index (χ0) is 12.9. The third-order valence-electron chi connectivity index (χ3n) is 4.31. The molecule has 0 unspecified atom stereocenters. The molecule has 0 atom stereocenters. The molecule has 0 aromatic heterocycles. The van der Waals surface area contributed by atoms with Gasteiger partial charge in [-0.1, -0.05) is 57.8 Å². The Morgan fingerprint density at radius 2 is 1.18 bits per heavy atom. The Morgan fingerprint density at radius 1 is 0.824 bits per heavy atom. The fourth-order valence-corrected chi connectivity index (χ4v) is 16.4. The van der Waals surface area contributed by atoms with Crippen LogP contribution in [-0.4, -0.2) is 16.1 Å². The molecule has 0 nitrogen and oxygen atoms in total. The molecule has 1 rings (SSSR count). The fourth-order valence-electron chi connectivity index (χ4n) is 3.66. The van der Waals surface area contributed by atoms with Gasteiger partial charge in [0.2, 0.25) is 0 Å². The third-order valence-corrected chi connectivity index (χ3v) is 14.3. The molecule has 0 saturated carbocycles. The van der Waals surface area contributed by atoms with Crippen molar-refractivity contribution in [2.24, 2.45) is 0 Å². The minimum atomic E-state index is -1.28. The van der Waals surface area contributed by atoms with E-state index in [9.17, 15) is 0 Å². The maximum Gasteiger partial charge on any atom is 1.00 e. The zero-order valence-corrected chi connectivity index (χ0v) is 15.5. The summed E-state index contributed by atoms with van der Waals surface area (Å²) in [5.41, 5.74) is 4.54. The van der Waals surface area contributed by atoms with Gasteiger partial charge in [-0.25, -0.2) is 5.57 Å². The summed E-state index contributed by atoms with van der Waals surface area (Å²) >= 11 is 0. The van der Waals surface area contributed by atoms with Gasteiger partial charge in [-0.3, -0.25) is 6.08 Å². The van der Waals surface area contributed by atoms with Gasteiger partial charge >= 0.3 is 18.9 Å². The molecule has 0 aromatic carbocycles. The van der Waals surface area contributed by atoms with Crippen LogP contribution in [0.4, 0.5) is 0 Å². The summed E-state index contributed by atoms with van der Waals surface area (Å²) in [6.07, 6.45) is 3.91. The molecule has 1 aliphatic rings. The molecular weight excluding hydrogens is 231 g/mol. The Hall–Kier alpha value is 0.511. The van der Waals surface area contributed by atoms with Gasteiger partial charge in [0, 0.05) is 16.1 Å². The van der Waals surface area contributed by atoms with Crippen LogP contribution in [0.2, 0.25) is 43.9 Å². The maximum atomic E-state index is 3.91. The van der Waals surface area contributed by atoms with E-state index in [1.807, 2.05) is 0 Å². The van der Waals surface area contributed by atoms with Gasteiger partial charge in [0.1, 0.15) is 0 Å². The molecule has 0 spiro atoms. The van der Waals surface area contributed by atoms with Crippen molar-refractivity contribution in [2.45, 2.75) is 64.7 Å². The monoisotopic (exact) mass is 258 g/mol. The van der Waals surface area contributed by atoms with Gasteiger partial charge in [0.15, 0.2) is 0 Å². The molecule has 0 heterocycles. The van der Waals surface area contributed by atoms with Crippen molar-refractivity contribution in [3.8, 4) is 0 Å². The summed E-state index contributed by atoms with van der Waals surface area (Å²) in [4.78, 5) is 0. The van der Waals surface area contributed by atoms with E-state index in [-0.39, 0.29) is 18.9 Å². The topological polar surface area (TPSA) is 0 Å². The van der Waals surface area contributed by atoms with Crippen molar-refractivity contribution in [3.05, 3.63) is 22.8 Å². The molecule has 0 radical (unpaired) electrons.